The van der Waals surface area contributed by atoms with Gasteiger partial charge in [0, 0.05) is 31.2 Å². The highest BCUT2D eigenvalue weighted by Crippen LogP contribution is 2.07. The maximum absolute atomic E-state index is 12.9. The van der Waals surface area contributed by atoms with Crippen molar-refractivity contribution in [2.24, 2.45) is 0 Å². The van der Waals surface area contributed by atoms with E-state index in [-0.39, 0.29) is 25.3 Å². The average molecular weight is 521 g/mol. The molecule has 0 aromatic carbocycles. The summed E-state index contributed by atoms with van der Waals surface area (Å²) >= 11 is 0. The quantitative estimate of drug-likeness (QED) is 0.129. The largest absolute Gasteiger partial charge is 0.393 e. The molecule has 1 heterocycles. The summed E-state index contributed by atoms with van der Waals surface area (Å²) in [5.41, 5.74) is 0. The van der Waals surface area contributed by atoms with E-state index in [2.05, 4.69) is 28.2 Å². The second kappa shape index (κ2) is 18.3. The minimum absolute atomic E-state index is 0.104. The zero-order valence-corrected chi connectivity index (χ0v) is 22.2. The molecule has 6 N–H and O–H groups in total. The van der Waals surface area contributed by atoms with Gasteiger partial charge in [0.25, 0.3) is 0 Å². The fourth-order valence-electron chi connectivity index (χ4n) is 3.70. The van der Waals surface area contributed by atoms with E-state index in [0.717, 1.165) is 12.8 Å². The Bertz CT molecular complexity index is 824. The van der Waals surface area contributed by atoms with Crippen LogP contribution in [0.25, 0.3) is 0 Å². The molecule has 0 aromatic heterocycles. The van der Waals surface area contributed by atoms with E-state index < -0.39 is 48.1 Å². The minimum Gasteiger partial charge on any atom is -0.393 e. The molecule has 5 atom stereocenters. The number of carbonyl (C=O) groups excluding carboxylic acids is 4. The molecule has 10 heteroatoms. The van der Waals surface area contributed by atoms with Crippen molar-refractivity contribution in [3.05, 3.63) is 36.5 Å². The summed E-state index contributed by atoms with van der Waals surface area (Å²) in [6, 6.07) is -2.92. The second-order valence-electron chi connectivity index (χ2n) is 9.40. The number of aliphatic hydroxyl groups excluding tert-OH is 2. The fraction of sp³-hybridized carbons (Fsp3) is 0.630. The van der Waals surface area contributed by atoms with Gasteiger partial charge in [0.1, 0.15) is 12.1 Å². The van der Waals surface area contributed by atoms with E-state index in [4.69, 9.17) is 0 Å². The molecule has 0 saturated heterocycles. The average Bonchev–Trinajstić information content (AvgIpc) is 2.83. The van der Waals surface area contributed by atoms with Gasteiger partial charge in [0.15, 0.2) is 0 Å². The molecule has 0 unspecified atom stereocenters. The van der Waals surface area contributed by atoms with E-state index in [9.17, 15) is 29.4 Å². The highest BCUT2D eigenvalue weighted by atomic mass is 16.3. The Balaban J connectivity index is 2.73. The Kier molecular flexibility index (Phi) is 15.8. The highest BCUT2D eigenvalue weighted by Gasteiger charge is 2.31. The molecule has 4 amide bonds. The van der Waals surface area contributed by atoms with Crippen molar-refractivity contribution in [1.82, 2.24) is 21.3 Å². The molecule has 1 aliphatic heterocycles. The first-order valence-electron chi connectivity index (χ1n) is 13.2. The molecule has 0 aliphatic carbocycles. The zero-order valence-electron chi connectivity index (χ0n) is 22.2. The van der Waals surface area contributed by atoms with Crippen LogP contribution in [0.1, 0.15) is 72.1 Å². The molecule has 0 spiro atoms. The number of unbranched alkanes of at least 4 members (excludes halogenated alkanes) is 5. The number of aliphatic hydroxyl groups is 2. The maximum Gasteiger partial charge on any atom is 0.245 e. The molecule has 208 valence electrons. The number of nitrogens with one attached hydrogen (secondary N) is 4. The van der Waals surface area contributed by atoms with E-state index in [1.807, 2.05) is 6.08 Å². The lowest BCUT2D eigenvalue weighted by molar-refractivity contribution is -0.134. The molecular formula is C27H44N4O6. The SMILES string of the molecule is CCCCCCCC=CC=CC(=O)N[C@H](C(=O)N[C@H]1C[C@@H](O)CCNC(=O)C=C[C@H](C)NC1=O)[C@@H](C)O. The predicted molar refractivity (Wildman–Crippen MR) is 142 cm³/mol. The van der Waals surface area contributed by atoms with Gasteiger partial charge in [0.05, 0.1) is 12.2 Å². The summed E-state index contributed by atoms with van der Waals surface area (Å²) in [4.78, 5) is 49.7. The lowest BCUT2D eigenvalue weighted by Gasteiger charge is -2.26. The molecule has 0 aromatic rings. The molecule has 1 aliphatic rings. The number of carbonyl (C=O) groups is 4. The lowest BCUT2D eigenvalue weighted by Crippen LogP contribution is -2.58. The number of rotatable bonds is 12. The van der Waals surface area contributed by atoms with Gasteiger partial charge in [-0.25, -0.2) is 0 Å². The fourth-order valence-corrected chi connectivity index (χ4v) is 3.70. The van der Waals surface area contributed by atoms with Crippen molar-refractivity contribution in [3.8, 4) is 0 Å². The Morgan fingerprint density at radius 3 is 2.62 bits per heavy atom. The Labute approximate surface area is 220 Å². The Morgan fingerprint density at radius 2 is 1.92 bits per heavy atom. The van der Waals surface area contributed by atoms with Gasteiger partial charge in [-0.2, -0.15) is 0 Å². The first-order valence-corrected chi connectivity index (χ1v) is 13.2. The van der Waals surface area contributed by atoms with Gasteiger partial charge in [-0.3, -0.25) is 19.2 Å². The molecular weight excluding hydrogens is 476 g/mol. The number of hydrogen-bond donors (Lipinski definition) is 6. The van der Waals surface area contributed by atoms with Crippen LogP contribution in [0.15, 0.2) is 36.5 Å². The summed E-state index contributed by atoms with van der Waals surface area (Å²) < 4.78 is 0. The summed E-state index contributed by atoms with van der Waals surface area (Å²) in [7, 11) is 0. The zero-order chi connectivity index (χ0) is 27.6. The van der Waals surface area contributed by atoms with Crippen molar-refractivity contribution in [3.63, 3.8) is 0 Å². The van der Waals surface area contributed by atoms with Crippen LogP contribution in [0, 0.1) is 0 Å². The third-order valence-corrected chi connectivity index (χ3v) is 5.86. The molecule has 0 saturated carbocycles. The van der Waals surface area contributed by atoms with Gasteiger partial charge in [-0.1, -0.05) is 56.9 Å². The van der Waals surface area contributed by atoms with Crippen molar-refractivity contribution in [1.29, 1.82) is 0 Å². The smallest absolute Gasteiger partial charge is 0.245 e. The van der Waals surface area contributed by atoms with E-state index in [0.29, 0.717) is 0 Å². The molecule has 10 nitrogen and oxygen atoms in total. The third-order valence-electron chi connectivity index (χ3n) is 5.86. The van der Waals surface area contributed by atoms with Crippen LogP contribution >= 0.6 is 0 Å². The van der Waals surface area contributed by atoms with Crippen LogP contribution in [0.5, 0.6) is 0 Å². The van der Waals surface area contributed by atoms with E-state index >= 15 is 0 Å². The molecule has 37 heavy (non-hydrogen) atoms. The molecule has 1 rings (SSSR count). The normalized spacial score (nSPS) is 23.0. The van der Waals surface area contributed by atoms with E-state index in [1.54, 1.807) is 19.1 Å². The summed E-state index contributed by atoms with van der Waals surface area (Å²) in [6.45, 7) is 5.40. The molecule has 0 bridgehead atoms. The van der Waals surface area contributed by atoms with Gasteiger partial charge in [-0.15, -0.1) is 0 Å². The van der Waals surface area contributed by atoms with Crippen LogP contribution < -0.4 is 21.3 Å². The van der Waals surface area contributed by atoms with Crippen LogP contribution in [0.3, 0.4) is 0 Å². The first kappa shape index (κ1) is 32.0. The Hall–Kier alpha value is -2.98. The van der Waals surface area contributed by atoms with E-state index in [1.165, 1.54) is 50.8 Å². The minimum atomic E-state index is -1.30. The standard InChI is InChI=1S/C27H44N4O6/c1-4-5-6-7-8-9-10-11-12-13-24(35)31-25(20(3)32)27(37)30-22-18-21(33)16-17-28-23(34)15-14-19(2)29-26(22)36/h10-15,19-22,25,32-33H,4-9,16-18H2,1-3H3,(H,28,34)(H,29,36)(H,30,37)(H,31,35)/t19-,20+,21-,22-,25-/m0/s1. The summed E-state index contributed by atoms with van der Waals surface area (Å²) in [5.74, 6) is -2.20. The van der Waals surface area contributed by atoms with Gasteiger partial charge in [-0.05, 0) is 33.1 Å². The second-order valence-corrected chi connectivity index (χ2v) is 9.40. The topological polar surface area (TPSA) is 157 Å². The first-order chi connectivity index (χ1) is 17.6. The van der Waals surface area contributed by atoms with Crippen LogP contribution in [-0.2, 0) is 19.2 Å². The molecule has 0 radical (unpaired) electrons. The van der Waals surface area contributed by atoms with Crippen molar-refractivity contribution >= 4 is 23.6 Å². The number of allylic oxidation sites excluding steroid dienone is 3. The lowest BCUT2D eigenvalue weighted by atomic mass is 10.0. The van der Waals surface area contributed by atoms with Crippen LogP contribution in [-0.4, -0.2) is 70.7 Å². The third kappa shape index (κ3) is 14.4. The van der Waals surface area contributed by atoms with Crippen molar-refractivity contribution in [2.45, 2.75) is 102 Å². The number of amides is 4. The monoisotopic (exact) mass is 520 g/mol. The van der Waals surface area contributed by atoms with Crippen LogP contribution in [0.4, 0.5) is 0 Å². The van der Waals surface area contributed by atoms with Crippen molar-refractivity contribution < 1.29 is 29.4 Å². The van der Waals surface area contributed by atoms with Gasteiger partial charge >= 0.3 is 0 Å². The summed E-state index contributed by atoms with van der Waals surface area (Å²) in [6.07, 6.45) is 14.1. The Morgan fingerprint density at radius 1 is 1.19 bits per heavy atom. The van der Waals surface area contributed by atoms with Gasteiger partial charge in [0.2, 0.25) is 23.6 Å². The highest BCUT2D eigenvalue weighted by molar-refractivity contribution is 5.95. The van der Waals surface area contributed by atoms with Crippen LogP contribution in [0.2, 0.25) is 0 Å². The van der Waals surface area contributed by atoms with Crippen molar-refractivity contribution in [2.75, 3.05) is 6.54 Å². The number of hydrogen-bond acceptors (Lipinski definition) is 6. The predicted octanol–water partition coefficient (Wildman–Crippen LogP) is 1.14. The maximum atomic E-state index is 12.9. The van der Waals surface area contributed by atoms with Gasteiger partial charge < -0.3 is 31.5 Å². The molecule has 0 fully saturated rings. The summed E-state index contributed by atoms with van der Waals surface area (Å²) in [5, 5.41) is 30.7.